The van der Waals surface area contributed by atoms with E-state index in [1.165, 1.54) is 17.3 Å². The van der Waals surface area contributed by atoms with Crippen molar-refractivity contribution in [1.29, 1.82) is 0 Å². The molecule has 21 heavy (non-hydrogen) atoms. The predicted molar refractivity (Wildman–Crippen MR) is 71.5 cm³/mol. The van der Waals surface area contributed by atoms with Gasteiger partial charge in [0.25, 0.3) is 5.91 Å². The van der Waals surface area contributed by atoms with Crippen LogP contribution in [0.25, 0.3) is 0 Å². The van der Waals surface area contributed by atoms with Crippen LogP contribution in [0.3, 0.4) is 0 Å². The molecule has 8 nitrogen and oxygen atoms in total. The number of carbonyl (C=O) groups excluding carboxylic acids is 1. The number of hydrogen-bond donors (Lipinski definition) is 2. The quantitative estimate of drug-likeness (QED) is 0.876. The molecule has 1 unspecified atom stereocenters. The van der Waals surface area contributed by atoms with Gasteiger partial charge in [-0.15, -0.1) is 0 Å². The molecule has 8 heteroatoms. The van der Waals surface area contributed by atoms with Crippen molar-refractivity contribution in [3.8, 4) is 0 Å². The Hall–Kier alpha value is -2.64. The third-order valence-corrected chi connectivity index (χ3v) is 3.56. The summed E-state index contributed by atoms with van der Waals surface area (Å²) < 4.78 is 1.67. The van der Waals surface area contributed by atoms with Gasteiger partial charge in [0.1, 0.15) is 0 Å². The van der Waals surface area contributed by atoms with Crippen molar-refractivity contribution >= 4 is 11.9 Å². The van der Waals surface area contributed by atoms with Crippen molar-refractivity contribution in [3.05, 3.63) is 35.4 Å². The second kappa shape index (κ2) is 4.72. The molecule has 0 saturated heterocycles. The number of rotatable bonds is 3. The number of nitrogens with one attached hydrogen (secondary N) is 1. The second-order valence-corrected chi connectivity index (χ2v) is 5.28. The summed E-state index contributed by atoms with van der Waals surface area (Å²) in [5.74, 6) is -1.42. The van der Waals surface area contributed by atoms with Crippen molar-refractivity contribution in [3.63, 3.8) is 0 Å². The standard InChI is InChI=1S/C13H15N5O3/c1-7(2)18-5-8(3-15-18)12(19)17-6-10-9(4-14-16-10)11(17)13(20)21/h3-5,7,11H,6H2,1-2H3,(H,14,16)(H,20,21). The van der Waals surface area contributed by atoms with Crippen LogP contribution in [-0.4, -0.2) is 41.9 Å². The van der Waals surface area contributed by atoms with Gasteiger partial charge in [-0.25, -0.2) is 4.79 Å². The lowest BCUT2D eigenvalue weighted by molar-refractivity contribution is -0.142. The second-order valence-electron chi connectivity index (χ2n) is 5.28. The molecule has 1 amide bonds. The predicted octanol–water partition coefficient (Wildman–Crippen LogP) is 0.969. The maximum atomic E-state index is 12.5. The summed E-state index contributed by atoms with van der Waals surface area (Å²) in [6, 6.07) is -0.869. The number of amides is 1. The van der Waals surface area contributed by atoms with Gasteiger partial charge in [-0.05, 0) is 13.8 Å². The minimum absolute atomic E-state index is 0.136. The lowest BCUT2D eigenvalue weighted by Gasteiger charge is -2.21. The number of fused-ring (bicyclic) bond motifs is 1. The van der Waals surface area contributed by atoms with E-state index in [-0.39, 0.29) is 18.5 Å². The summed E-state index contributed by atoms with van der Waals surface area (Å²) in [5.41, 5.74) is 1.58. The van der Waals surface area contributed by atoms with Crippen LogP contribution in [0.1, 0.15) is 47.5 Å². The summed E-state index contributed by atoms with van der Waals surface area (Å²) in [6.07, 6.45) is 4.56. The van der Waals surface area contributed by atoms with Gasteiger partial charge in [0.2, 0.25) is 0 Å². The minimum atomic E-state index is -1.07. The zero-order valence-corrected chi connectivity index (χ0v) is 11.6. The van der Waals surface area contributed by atoms with Gasteiger partial charge in [0.05, 0.1) is 30.2 Å². The number of nitrogens with zero attached hydrogens (tertiary/aromatic N) is 4. The Morgan fingerprint density at radius 1 is 1.43 bits per heavy atom. The minimum Gasteiger partial charge on any atom is -0.479 e. The number of carboxylic acid groups (broad SMARTS) is 1. The Morgan fingerprint density at radius 2 is 2.19 bits per heavy atom. The number of H-pyrrole nitrogens is 1. The van der Waals surface area contributed by atoms with Crippen molar-refractivity contribution < 1.29 is 14.7 Å². The Morgan fingerprint density at radius 3 is 2.81 bits per heavy atom. The molecule has 0 radical (unpaired) electrons. The van der Waals surface area contributed by atoms with E-state index in [1.54, 1.807) is 10.9 Å². The molecular weight excluding hydrogens is 274 g/mol. The smallest absolute Gasteiger partial charge is 0.331 e. The van der Waals surface area contributed by atoms with E-state index in [0.29, 0.717) is 16.8 Å². The molecule has 2 N–H and O–H groups in total. The molecule has 1 atom stereocenters. The molecule has 3 rings (SSSR count). The molecule has 1 aliphatic rings. The summed E-state index contributed by atoms with van der Waals surface area (Å²) in [7, 11) is 0. The molecule has 0 saturated carbocycles. The third-order valence-electron chi connectivity index (χ3n) is 3.56. The number of carbonyl (C=O) groups is 2. The van der Waals surface area contributed by atoms with Crippen molar-refractivity contribution in [2.75, 3.05) is 0 Å². The van der Waals surface area contributed by atoms with Gasteiger partial charge in [-0.2, -0.15) is 10.2 Å². The van der Waals surface area contributed by atoms with E-state index in [1.807, 2.05) is 13.8 Å². The zero-order valence-electron chi connectivity index (χ0n) is 11.6. The van der Waals surface area contributed by atoms with Crippen LogP contribution in [0.15, 0.2) is 18.6 Å². The van der Waals surface area contributed by atoms with Crippen LogP contribution in [0, 0.1) is 0 Å². The number of carboxylic acids is 1. The lowest BCUT2D eigenvalue weighted by Crippen LogP contribution is -2.34. The highest BCUT2D eigenvalue weighted by molar-refractivity contribution is 5.97. The highest BCUT2D eigenvalue weighted by Crippen LogP contribution is 2.33. The summed E-state index contributed by atoms with van der Waals surface area (Å²) in [5, 5.41) is 20.1. The van der Waals surface area contributed by atoms with Crippen LogP contribution in [0.5, 0.6) is 0 Å². The van der Waals surface area contributed by atoms with Crippen LogP contribution in [-0.2, 0) is 11.3 Å². The van der Waals surface area contributed by atoms with E-state index in [9.17, 15) is 14.7 Å². The Balaban J connectivity index is 1.90. The van der Waals surface area contributed by atoms with Gasteiger partial charge in [0.15, 0.2) is 6.04 Å². The fraction of sp³-hybridized carbons (Fsp3) is 0.385. The van der Waals surface area contributed by atoms with E-state index in [2.05, 4.69) is 15.3 Å². The number of aromatic nitrogens is 4. The number of hydrogen-bond acceptors (Lipinski definition) is 4. The Bertz CT molecular complexity index is 702. The van der Waals surface area contributed by atoms with Gasteiger partial charge in [-0.1, -0.05) is 0 Å². The lowest BCUT2D eigenvalue weighted by atomic mass is 10.1. The molecule has 0 aliphatic carbocycles. The molecule has 0 fully saturated rings. The van der Waals surface area contributed by atoms with Gasteiger partial charge in [0, 0.05) is 17.8 Å². The maximum absolute atomic E-state index is 12.5. The van der Waals surface area contributed by atoms with Crippen molar-refractivity contribution in [1.82, 2.24) is 24.9 Å². The first-order valence-electron chi connectivity index (χ1n) is 6.59. The molecule has 110 valence electrons. The number of aromatic amines is 1. The maximum Gasteiger partial charge on any atom is 0.331 e. The Labute approximate surface area is 120 Å². The van der Waals surface area contributed by atoms with E-state index in [4.69, 9.17) is 0 Å². The fourth-order valence-corrected chi connectivity index (χ4v) is 2.47. The van der Waals surface area contributed by atoms with Crippen LogP contribution < -0.4 is 0 Å². The molecule has 3 heterocycles. The first-order chi connectivity index (χ1) is 9.99. The van der Waals surface area contributed by atoms with Crippen LogP contribution in [0.4, 0.5) is 0 Å². The Kier molecular flexibility index (Phi) is 3.00. The molecule has 2 aromatic rings. The van der Waals surface area contributed by atoms with Crippen molar-refractivity contribution in [2.45, 2.75) is 32.5 Å². The summed E-state index contributed by atoms with van der Waals surface area (Å²) in [6.45, 7) is 4.11. The highest BCUT2D eigenvalue weighted by atomic mass is 16.4. The normalized spacial score (nSPS) is 17.3. The van der Waals surface area contributed by atoms with Gasteiger partial charge < -0.3 is 10.0 Å². The first-order valence-corrected chi connectivity index (χ1v) is 6.59. The molecule has 1 aliphatic heterocycles. The van der Waals surface area contributed by atoms with Gasteiger partial charge in [-0.3, -0.25) is 14.6 Å². The summed E-state index contributed by atoms with van der Waals surface area (Å²) >= 11 is 0. The fourth-order valence-electron chi connectivity index (χ4n) is 2.47. The van der Waals surface area contributed by atoms with E-state index < -0.39 is 12.0 Å². The average molecular weight is 289 g/mol. The third kappa shape index (κ3) is 2.08. The number of aliphatic carboxylic acids is 1. The van der Waals surface area contributed by atoms with Crippen LogP contribution in [0.2, 0.25) is 0 Å². The molecule has 2 aromatic heterocycles. The first kappa shape index (κ1) is 13.3. The van der Waals surface area contributed by atoms with Crippen molar-refractivity contribution in [2.24, 2.45) is 0 Å². The average Bonchev–Trinajstić information content (AvgIpc) is 3.11. The molecule has 0 bridgehead atoms. The van der Waals surface area contributed by atoms with Gasteiger partial charge >= 0.3 is 5.97 Å². The highest BCUT2D eigenvalue weighted by Gasteiger charge is 2.40. The SMILES string of the molecule is CC(C)n1cc(C(=O)N2Cc3[nH]ncc3C2C(=O)O)cn1. The monoisotopic (exact) mass is 289 g/mol. The summed E-state index contributed by atoms with van der Waals surface area (Å²) in [4.78, 5) is 25.3. The molecule has 0 spiro atoms. The topological polar surface area (TPSA) is 104 Å². The van der Waals surface area contributed by atoms with Crippen LogP contribution >= 0.6 is 0 Å². The van der Waals surface area contributed by atoms with E-state index >= 15 is 0 Å². The molecule has 0 aromatic carbocycles. The van der Waals surface area contributed by atoms with E-state index in [0.717, 1.165) is 0 Å². The zero-order chi connectivity index (χ0) is 15.1. The molecular formula is C13H15N5O3. The largest absolute Gasteiger partial charge is 0.479 e.